The van der Waals surface area contributed by atoms with Crippen molar-refractivity contribution in [2.24, 2.45) is 0 Å². The van der Waals surface area contributed by atoms with Crippen LogP contribution < -0.4 is 0 Å². The molecule has 14 heavy (non-hydrogen) atoms. The van der Waals surface area contributed by atoms with Crippen molar-refractivity contribution in [3.05, 3.63) is 33.4 Å². The third-order valence-electron chi connectivity index (χ3n) is 1.86. The summed E-state index contributed by atoms with van der Waals surface area (Å²) in [5, 5.41) is 0. The van der Waals surface area contributed by atoms with Crippen LogP contribution in [-0.2, 0) is 16.0 Å². The van der Waals surface area contributed by atoms with E-state index in [1.54, 1.807) is 0 Å². The SMILES string of the molecule is CCOC(=O)CCc1ccccc1I. The van der Waals surface area contributed by atoms with Crippen molar-refractivity contribution >= 4 is 28.6 Å². The van der Waals surface area contributed by atoms with Gasteiger partial charge >= 0.3 is 5.97 Å². The van der Waals surface area contributed by atoms with Gasteiger partial charge in [-0.25, -0.2) is 0 Å². The van der Waals surface area contributed by atoms with Gasteiger partial charge in [-0.3, -0.25) is 4.79 Å². The van der Waals surface area contributed by atoms with Gasteiger partial charge in [0.2, 0.25) is 0 Å². The van der Waals surface area contributed by atoms with Crippen molar-refractivity contribution in [1.82, 2.24) is 0 Å². The molecule has 0 aromatic heterocycles. The zero-order valence-electron chi connectivity index (χ0n) is 8.13. The largest absolute Gasteiger partial charge is 0.466 e. The number of carbonyl (C=O) groups excluding carboxylic acids is 1. The van der Waals surface area contributed by atoms with Gasteiger partial charge in [-0.05, 0) is 47.6 Å². The molecule has 0 heterocycles. The maximum Gasteiger partial charge on any atom is 0.306 e. The van der Waals surface area contributed by atoms with Gasteiger partial charge in [0, 0.05) is 9.99 Å². The fourth-order valence-corrected chi connectivity index (χ4v) is 1.83. The van der Waals surface area contributed by atoms with E-state index in [0.29, 0.717) is 13.0 Å². The normalized spacial score (nSPS) is 9.86. The lowest BCUT2D eigenvalue weighted by Crippen LogP contribution is -2.05. The Bertz CT molecular complexity index is 310. The zero-order chi connectivity index (χ0) is 10.4. The van der Waals surface area contributed by atoms with Crippen molar-refractivity contribution in [3.63, 3.8) is 0 Å². The van der Waals surface area contributed by atoms with Gasteiger partial charge in [-0.2, -0.15) is 0 Å². The quantitative estimate of drug-likeness (QED) is 0.631. The smallest absolute Gasteiger partial charge is 0.306 e. The topological polar surface area (TPSA) is 26.3 Å². The summed E-state index contributed by atoms with van der Waals surface area (Å²) in [6.45, 7) is 2.29. The Morgan fingerprint density at radius 1 is 1.43 bits per heavy atom. The maximum atomic E-state index is 11.1. The second-order valence-corrected chi connectivity index (χ2v) is 4.06. The van der Waals surface area contributed by atoms with Crippen LogP contribution in [0.2, 0.25) is 0 Å². The minimum atomic E-state index is -0.118. The highest BCUT2D eigenvalue weighted by Gasteiger charge is 2.04. The van der Waals surface area contributed by atoms with E-state index in [4.69, 9.17) is 4.74 Å². The molecule has 0 N–H and O–H groups in total. The predicted molar refractivity (Wildman–Crippen MR) is 64.1 cm³/mol. The Morgan fingerprint density at radius 2 is 2.14 bits per heavy atom. The third-order valence-corrected chi connectivity index (χ3v) is 2.91. The first-order valence-electron chi connectivity index (χ1n) is 4.63. The van der Waals surface area contributed by atoms with E-state index >= 15 is 0 Å². The van der Waals surface area contributed by atoms with Gasteiger partial charge in [0.05, 0.1) is 6.61 Å². The monoisotopic (exact) mass is 304 g/mol. The van der Waals surface area contributed by atoms with E-state index in [-0.39, 0.29) is 5.97 Å². The van der Waals surface area contributed by atoms with Gasteiger partial charge in [0.25, 0.3) is 0 Å². The summed E-state index contributed by atoms with van der Waals surface area (Å²) >= 11 is 2.28. The lowest BCUT2D eigenvalue weighted by Gasteiger charge is -2.03. The highest BCUT2D eigenvalue weighted by Crippen LogP contribution is 2.13. The van der Waals surface area contributed by atoms with Crippen molar-refractivity contribution in [1.29, 1.82) is 0 Å². The summed E-state index contributed by atoms with van der Waals surface area (Å²) in [6.07, 6.45) is 1.23. The molecule has 0 aliphatic heterocycles. The number of hydrogen-bond acceptors (Lipinski definition) is 2. The molecule has 0 saturated carbocycles. The van der Waals surface area contributed by atoms with Gasteiger partial charge in [0.15, 0.2) is 0 Å². The van der Waals surface area contributed by atoms with Crippen molar-refractivity contribution < 1.29 is 9.53 Å². The molecule has 2 nitrogen and oxygen atoms in total. The molecule has 1 aromatic carbocycles. The average Bonchev–Trinajstić information content (AvgIpc) is 2.17. The molecule has 0 spiro atoms. The summed E-state index contributed by atoms with van der Waals surface area (Å²) in [6, 6.07) is 8.07. The van der Waals surface area contributed by atoms with Gasteiger partial charge in [-0.15, -0.1) is 0 Å². The molecule has 0 amide bonds. The molecule has 1 rings (SSSR count). The van der Waals surface area contributed by atoms with Gasteiger partial charge < -0.3 is 4.74 Å². The molecule has 76 valence electrons. The lowest BCUT2D eigenvalue weighted by atomic mass is 10.1. The van der Waals surface area contributed by atoms with Crippen LogP contribution in [0.25, 0.3) is 0 Å². The van der Waals surface area contributed by atoms with Crippen molar-refractivity contribution in [2.75, 3.05) is 6.61 Å². The van der Waals surface area contributed by atoms with Crippen LogP contribution in [0.1, 0.15) is 18.9 Å². The Labute approximate surface area is 97.8 Å². The van der Waals surface area contributed by atoms with Crippen LogP contribution in [0.15, 0.2) is 24.3 Å². The standard InChI is InChI=1S/C11H13IO2/c1-2-14-11(13)8-7-9-5-3-4-6-10(9)12/h3-6H,2,7-8H2,1H3. The highest BCUT2D eigenvalue weighted by molar-refractivity contribution is 14.1. The first kappa shape index (κ1) is 11.5. The van der Waals surface area contributed by atoms with Gasteiger partial charge in [0.1, 0.15) is 0 Å². The molecule has 0 bridgehead atoms. The molecular weight excluding hydrogens is 291 g/mol. The second kappa shape index (κ2) is 6.01. The molecular formula is C11H13IO2. The average molecular weight is 304 g/mol. The molecule has 0 aliphatic rings. The van der Waals surface area contributed by atoms with Crippen LogP contribution in [-0.4, -0.2) is 12.6 Å². The fraction of sp³-hybridized carbons (Fsp3) is 0.364. The van der Waals surface area contributed by atoms with Crippen LogP contribution in [0, 0.1) is 3.57 Å². The number of halogens is 1. The minimum Gasteiger partial charge on any atom is -0.466 e. The summed E-state index contributed by atoms with van der Waals surface area (Å²) in [5.74, 6) is -0.118. The summed E-state index contributed by atoms with van der Waals surface area (Å²) in [5.41, 5.74) is 1.21. The van der Waals surface area contributed by atoms with E-state index in [1.807, 2.05) is 31.2 Å². The number of benzene rings is 1. The van der Waals surface area contributed by atoms with E-state index in [0.717, 1.165) is 6.42 Å². The van der Waals surface area contributed by atoms with Crippen molar-refractivity contribution in [3.8, 4) is 0 Å². The molecule has 0 fully saturated rings. The first-order valence-corrected chi connectivity index (χ1v) is 5.71. The lowest BCUT2D eigenvalue weighted by molar-refractivity contribution is -0.143. The Hall–Kier alpha value is -0.580. The fourth-order valence-electron chi connectivity index (χ4n) is 1.17. The summed E-state index contributed by atoms with van der Waals surface area (Å²) < 4.78 is 6.07. The van der Waals surface area contributed by atoms with E-state index in [9.17, 15) is 4.79 Å². The zero-order valence-corrected chi connectivity index (χ0v) is 10.3. The predicted octanol–water partition coefficient (Wildman–Crippen LogP) is 2.79. The molecule has 0 atom stereocenters. The molecule has 3 heteroatoms. The number of carbonyl (C=O) groups is 1. The van der Waals surface area contributed by atoms with Crippen LogP contribution in [0.4, 0.5) is 0 Å². The number of hydrogen-bond donors (Lipinski definition) is 0. The minimum absolute atomic E-state index is 0.118. The number of rotatable bonds is 4. The Balaban J connectivity index is 2.46. The van der Waals surface area contributed by atoms with Crippen LogP contribution in [0.5, 0.6) is 0 Å². The van der Waals surface area contributed by atoms with Crippen LogP contribution >= 0.6 is 22.6 Å². The first-order chi connectivity index (χ1) is 6.74. The molecule has 0 aliphatic carbocycles. The van der Waals surface area contributed by atoms with E-state index in [1.165, 1.54) is 9.13 Å². The second-order valence-electron chi connectivity index (χ2n) is 2.90. The molecule has 0 unspecified atom stereocenters. The molecule has 0 saturated heterocycles. The van der Waals surface area contributed by atoms with Crippen LogP contribution in [0.3, 0.4) is 0 Å². The highest BCUT2D eigenvalue weighted by atomic mass is 127. The number of esters is 1. The number of ether oxygens (including phenoxy) is 1. The Morgan fingerprint density at radius 3 is 2.79 bits per heavy atom. The summed E-state index contributed by atoms with van der Waals surface area (Å²) in [4.78, 5) is 11.1. The maximum absolute atomic E-state index is 11.1. The molecule has 1 aromatic rings. The van der Waals surface area contributed by atoms with E-state index in [2.05, 4.69) is 22.6 Å². The summed E-state index contributed by atoms with van der Waals surface area (Å²) in [7, 11) is 0. The van der Waals surface area contributed by atoms with Crippen molar-refractivity contribution in [2.45, 2.75) is 19.8 Å². The molecule has 0 radical (unpaired) electrons. The Kier molecular flexibility index (Phi) is 4.93. The number of aryl methyl sites for hydroxylation is 1. The van der Waals surface area contributed by atoms with E-state index < -0.39 is 0 Å². The van der Waals surface area contributed by atoms with Gasteiger partial charge in [-0.1, -0.05) is 18.2 Å². The third kappa shape index (κ3) is 3.65.